The lowest BCUT2D eigenvalue weighted by Gasteiger charge is -2.33. The number of piperidine rings is 1. The van der Waals surface area contributed by atoms with E-state index in [1.807, 2.05) is 30.3 Å². The van der Waals surface area contributed by atoms with Crippen LogP contribution in [0.4, 0.5) is 10.5 Å². The Morgan fingerprint density at radius 2 is 1.92 bits per heavy atom. The molecule has 0 spiro atoms. The topological polar surface area (TPSA) is 82.7 Å². The predicted octanol–water partition coefficient (Wildman–Crippen LogP) is 1.60. The highest BCUT2D eigenvalue weighted by Crippen LogP contribution is 2.13. The van der Waals surface area contributed by atoms with E-state index in [4.69, 9.17) is 4.74 Å². The van der Waals surface area contributed by atoms with Gasteiger partial charge in [0.05, 0.1) is 13.2 Å². The number of carbonyl (C=O) groups is 2. The van der Waals surface area contributed by atoms with Gasteiger partial charge < -0.3 is 25.6 Å². The van der Waals surface area contributed by atoms with Crippen molar-refractivity contribution in [1.29, 1.82) is 0 Å². The number of anilines is 1. The summed E-state index contributed by atoms with van der Waals surface area (Å²) in [6.45, 7) is 3.39. The molecule has 2 saturated heterocycles. The number of ether oxygens (including phenoxy) is 1. The molecular formula is C18H27ClN4O3. The Morgan fingerprint density at radius 1 is 1.19 bits per heavy atom. The summed E-state index contributed by atoms with van der Waals surface area (Å²) < 4.78 is 5.37. The van der Waals surface area contributed by atoms with Crippen molar-refractivity contribution in [2.45, 2.75) is 31.3 Å². The van der Waals surface area contributed by atoms with Crippen molar-refractivity contribution >= 4 is 30.0 Å². The Bertz CT molecular complexity index is 573. The monoisotopic (exact) mass is 382 g/mol. The fourth-order valence-electron chi connectivity index (χ4n) is 3.21. The first-order valence-electron chi connectivity index (χ1n) is 8.92. The van der Waals surface area contributed by atoms with Crippen LogP contribution in [0.15, 0.2) is 30.3 Å². The van der Waals surface area contributed by atoms with Crippen LogP contribution in [-0.2, 0) is 9.53 Å². The third-order valence-corrected chi connectivity index (χ3v) is 4.60. The zero-order valence-electron chi connectivity index (χ0n) is 14.8. The van der Waals surface area contributed by atoms with Crippen molar-refractivity contribution in [2.24, 2.45) is 0 Å². The van der Waals surface area contributed by atoms with Gasteiger partial charge >= 0.3 is 6.03 Å². The summed E-state index contributed by atoms with van der Waals surface area (Å²) in [6, 6.07) is 9.59. The molecule has 3 N–H and O–H groups in total. The maximum atomic E-state index is 12.3. The molecule has 0 aliphatic carbocycles. The van der Waals surface area contributed by atoms with Crippen molar-refractivity contribution < 1.29 is 14.3 Å². The van der Waals surface area contributed by atoms with Crippen molar-refractivity contribution in [3.05, 3.63) is 30.3 Å². The number of carbonyl (C=O) groups excluding carboxylic acids is 2. The molecule has 2 aliphatic heterocycles. The molecule has 2 aliphatic rings. The SMILES string of the molecule is Cl.O=C(CC1COCCN1)NC1CCN(C(=O)Nc2ccccc2)CC1. The number of likely N-dealkylation sites (tertiary alicyclic amines) is 1. The number of halogens is 1. The second-order valence-corrected chi connectivity index (χ2v) is 6.56. The Hall–Kier alpha value is -1.83. The van der Waals surface area contributed by atoms with E-state index in [1.54, 1.807) is 4.90 Å². The molecule has 2 heterocycles. The number of urea groups is 1. The molecule has 1 aromatic carbocycles. The molecule has 1 atom stereocenters. The van der Waals surface area contributed by atoms with Crippen LogP contribution in [0.25, 0.3) is 0 Å². The van der Waals surface area contributed by atoms with Gasteiger partial charge in [-0.2, -0.15) is 0 Å². The first-order chi connectivity index (χ1) is 12.2. The van der Waals surface area contributed by atoms with Crippen LogP contribution in [0.3, 0.4) is 0 Å². The summed E-state index contributed by atoms with van der Waals surface area (Å²) in [7, 11) is 0. The van der Waals surface area contributed by atoms with E-state index in [0.29, 0.717) is 32.7 Å². The summed E-state index contributed by atoms with van der Waals surface area (Å²) in [5, 5.41) is 9.27. The van der Waals surface area contributed by atoms with Crippen LogP contribution in [0.5, 0.6) is 0 Å². The Balaban J connectivity index is 0.00000243. The maximum absolute atomic E-state index is 12.3. The average Bonchev–Trinajstić information content (AvgIpc) is 2.64. The van der Waals surface area contributed by atoms with E-state index < -0.39 is 0 Å². The molecule has 3 amide bonds. The molecule has 1 unspecified atom stereocenters. The summed E-state index contributed by atoms with van der Waals surface area (Å²) >= 11 is 0. The minimum absolute atomic E-state index is 0. The zero-order chi connectivity index (χ0) is 17.5. The fourth-order valence-corrected chi connectivity index (χ4v) is 3.21. The molecular weight excluding hydrogens is 356 g/mol. The van der Waals surface area contributed by atoms with Crippen molar-refractivity contribution in [1.82, 2.24) is 15.5 Å². The highest BCUT2D eigenvalue weighted by Gasteiger charge is 2.25. The molecule has 0 saturated carbocycles. The van der Waals surface area contributed by atoms with E-state index in [-0.39, 0.29) is 36.4 Å². The van der Waals surface area contributed by atoms with Crippen LogP contribution in [-0.4, -0.2) is 61.8 Å². The standard InChI is InChI=1S/C18H26N4O3.ClH/c23-17(12-16-13-25-11-8-19-16)20-15-6-9-22(10-7-15)18(24)21-14-4-2-1-3-5-14;/h1-5,15-16,19H,6-13H2,(H,20,23)(H,21,24);1H. The molecule has 144 valence electrons. The quantitative estimate of drug-likeness (QED) is 0.738. The van der Waals surface area contributed by atoms with Gasteiger partial charge in [0.2, 0.25) is 5.91 Å². The molecule has 0 bridgehead atoms. The van der Waals surface area contributed by atoms with Gasteiger partial charge in [-0.15, -0.1) is 12.4 Å². The fraction of sp³-hybridized carbons (Fsp3) is 0.556. The Kier molecular flexibility index (Phi) is 8.15. The van der Waals surface area contributed by atoms with Gasteiger partial charge in [0, 0.05) is 43.8 Å². The van der Waals surface area contributed by atoms with Gasteiger partial charge in [-0.1, -0.05) is 18.2 Å². The number of para-hydroxylation sites is 1. The molecule has 7 nitrogen and oxygen atoms in total. The number of nitrogens with one attached hydrogen (secondary N) is 3. The number of benzene rings is 1. The number of amides is 3. The molecule has 3 rings (SSSR count). The van der Waals surface area contributed by atoms with Gasteiger partial charge in [-0.25, -0.2) is 4.79 Å². The molecule has 2 fully saturated rings. The van der Waals surface area contributed by atoms with Gasteiger partial charge in [0.25, 0.3) is 0 Å². The lowest BCUT2D eigenvalue weighted by molar-refractivity contribution is -0.123. The van der Waals surface area contributed by atoms with Crippen LogP contribution in [0.2, 0.25) is 0 Å². The number of hydrogen-bond acceptors (Lipinski definition) is 4. The Morgan fingerprint density at radius 3 is 2.58 bits per heavy atom. The highest BCUT2D eigenvalue weighted by molar-refractivity contribution is 5.89. The minimum Gasteiger partial charge on any atom is -0.378 e. The van der Waals surface area contributed by atoms with Crippen LogP contribution < -0.4 is 16.0 Å². The summed E-state index contributed by atoms with van der Waals surface area (Å²) in [4.78, 5) is 26.2. The molecule has 8 heteroatoms. The number of rotatable bonds is 4. The molecule has 0 aromatic heterocycles. The highest BCUT2D eigenvalue weighted by atomic mass is 35.5. The van der Waals surface area contributed by atoms with E-state index in [1.165, 1.54) is 0 Å². The van der Waals surface area contributed by atoms with Crippen LogP contribution in [0, 0.1) is 0 Å². The summed E-state index contributed by atoms with van der Waals surface area (Å²) in [5.41, 5.74) is 0.796. The van der Waals surface area contributed by atoms with Crippen molar-refractivity contribution in [2.75, 3.05) is 38.2 Å². The van der Waals surface area contributed by atoms with E-state index in [9.17, 15) is 9.59 Å². The number of morpholine rings is 1. The minimum atomic E-state index is -0.0838. The number of nitrogens with zero attached hydrogens (tertiary/aromatic N) is 1. The maximum Gasteiger partial charge on any atom is 0.321 e. The van der Waals surface area contributed by atoms with Gasteiger partial charge in [-0.3, -0.25) is 4.79 Å². The molecule has 0 radical (unpaired) electrons. The smallest absolute Gasteiger partial charge is 0.321 e. The normalized spacial score (nSPS) is 20.8. The van der Waals surface area contributed by atoms with Crippen LogP contribution in [0.1, 0.15) is 19.3 Å². The van der Waals surface area contributed by atoms with E-state index in [0.717, 1.165) is 25.1 Å². The third-order valence-electron chi connectivity index (χ3n) is 4.60. The largest absolute Gasteiger partial charge is 0.378 e. The second-order valence-electron chi connectivity index (χ2n) is 6.56. The van der Waals surface area contributed by atoms with Gasteiger partial charge in [0.1, 0.15) is 0 Å². The summed E-state index contributed by atoms with van der Waals surface area (Å²) in [6.07, 6.45) is 2.00. The zero-order valence-corrected chi connectivity index (χ0v) is 15.6. The van der Waals surface area contributed by atoms with E-state index >= 15 is 0 Å². The Labute approximate surface area is 160 Å². The second kappa shape index (κ2) is 10.4. The summed E-state index contributed by atoms with van der Waals surface area (Å²) in [5.74, 6) is 0.0511. The van der Waals surface area contributed by atoms with Gasteiger partial charge in [0.15, 0.2) is 0 Å². The van der Waals surface area contributed by atoms with Crippen molar-refractivity contribution in [3.8, 4) is 0 Å². The lowest BCUT2D eigenvalue weighted by Crippen LogP contribution is -2.49. The van der Waals surface area contributed by atoms with Crippen LogP contribution >= 0.6 is 12.4 Å². The third kappa shape index (κ3) is 6.16. The number of hydrogen-bond donors (Lipinski definition) is 3. The van der Waals surface area contributed by atoms with E-state index in [2.05, 4.69) is 16.0 Å². The first kappa shape index (κ1) is 20.5. The molecule has 1 aromatic rings. The predicted molar refractivity (Wildman–Crippen MR) is 103 cm³/mol. The van der Waals surface area contributed by atoms with Crippen molar-refractivity contribution in [3.63, 3.8) is 0 Å². The lowest BCUT2D eigenvalue weighted by atomic mass is 10.0. The van der Waals surface area contributed by atoms with Gasteiger partial charge in [-0.05, 0) is 25.0 Å². The molecule has 26 heavy (non-hydrogen) atoms. The average molecular weight is 383 g/mol. The first-order valence-corrected chi connectivity index (χ1v) is 8.92.